The largest absolute Gasteiger partial charge is 0.395 e. The van der Waals surface area contributed by atoms with Gasteiger partial charge in [0.2, 0.25) is 0 Å². The number of halogens is 1. The van der Waals surface area contributed by atoms with Gasteiger partial charge in [-0.2, -0.15) is 0 Å². The molecule has 0 saturated carbocycles. The minimum Gasteiger partial charge on any atom is -0.395 e. The van der Waals surface area contributed by atoms with E-state index in [1.165, 1.54) is 0 Å². The van der Waals surface area contributed by atoms with E-state index >= 15 is 0 Å². The fourth-order valence-electron chi connectivity index (χ4n) is 2.81. The zero-order valence-electron chi connectivity index (χ0n) is 11.3. The van der Waals surface area contributed by atoms with Crippen LogP contribution in [-0.2, 0) is 0 Å². The summed E-state index contributed by atoms with van der Waals surface area (Å²) in [6, 6.07) is 7.39. The Labute approximate surface area is 122 Å². The van der Waals surface area contributed by atoms with E-state index in [-0.39, 0.29) is 24.5 Å². The van der Waals surface area contributed by atoms with Gasteiger partial charge in [-0.05, 0) is 37.9 Å². The Bertz CT molecular complexity index is 446. The Balaban J connectivity index is 2.13. The van der Waals surface area contributed by atoms with Crippen molar-refractivity contribution in [2.45, 2.75) is 32.4 Å². The first-order valence-electron chi connectivity index (χ1n) is 6.71. The van der Waals surface area contributed by atoms with Crippen LogP contribution in [0.5, 0.6) is 0 Å². The summed E-state index contributed by atoms with van der Waals surface area (Å²) in [6.07, 6.45) is 1.04. The lowest BCUT2D eigenvalue weighted by Crippen LogP contribution is -2.45. The zero-order valence-corrected chi connectivity index (χ0v) is 12.9. The molecule has 3 unspecified atom stereocenters. The van der Waals surface area contributed by atoms with Gasteiger partial charge in [0.05, 0.1) is 12.6 Å². The van der Waals surface area contributed by atoms with Crippen molar-refractivity contribution in [1.29, 1.82) is 0 Å². The first-order valence-corrected chi connectivity index (χ1v) is 7.50. The third-order valence-electron chi connectivity index (χ3n) is 4.12. The number of aliphatic hydroxyl groups excluding tert-OH is 1. The summed E-state index contributed by atoms with van der Waals surface area (Å²) in [4.78, 5) is 14.6. The molecule has 0 aliphatic carbocycles. The van der Waals surface area contributed by atoms with Crippen LogP contribution < -0.4 is 0 Å². The van der Waals surface area contributed by atoms with Crippen LogP contribution in [0.25, 0.3) is 0 Å². The van der Waals surface area contributed by atoms with Crippen LogP contribution in [-0.4, -0.2) is 41.0 Å². The lowest BCUT2D eigenvalue weighted by molar-refractivity contribution is 0.0720. The molecule has 0 aromatic heterocycles. The van der Waals surface area contributed by atoms with Gasteiger partial charge in [0.1, 0.15) is 0 Å². The molecule has 0 radical (unpaired) electrons. The Morgan fingerprint density at radius 2 is 2.11 bits per heavy atom. The van der Waals surface area contributed by atoms with E-state index in [9.17, 15) is 9.90 Å². The number of benzene rings is 1. The number of likely N-dealkylation sites (tertiary alicyclic amines) is 1. The Morgan fingerprint density at radius 3 is 2.68 bits per heavy atom. The molecule has 1 aliphatic rings. The maximum Gasteiger partial charge on any atom is 0.179 e. The van der Waals surface area contributed by atoms with Crippen LogP contribution in [0, 0.1) is 5.92 Å². The standard InChI is InChI=1S/C15H20BrNO2/c1-10-7-8-17(14(10)9-18)11(2)15(19)12-3-5-13(16)6-4-12/h3-6,10-11,14,18H,7-9H2,1-2H3. The summed E-state index contributed by atoms with van der Waals surface area (Å²) >= 11 is 3.37. The summed E-state index contributed by atoms with van der Waals surface area (Å²) < 4.78 is 0.972. The van der Waals surface area contributed by atoms with Gasteiger partial charge >= 0.3 is 0 Å². The smallest absolute Gasteiger partial charge is 0.179 e. The highest BCUT2D eigenvalue weighted by Gasteiger charge is 2.36. The predicted octanol–water partition coefficient (Wildman–Crippen LogP) is 2.72. The minimum absolute atomic E-state index is 0.106. The number of carbonyl (C=O) groups is 1. The molecule has 3 nitrogen and oxygen atoms in total. The predicted molar refractivity (Wildman–Crippen MR) is 79.3 cm³/mol. The molecular formula is C15H20BrNO2. The van der Waals surface area contributed by atoms with Crippen molar-refractivity contribution >= 4 is 21.7 Å². The van der Waals surface area contributed by atoms with Crippen molar-refractivity contribution in [1.82, 2.24) is 4.90 Å². The van der Waals surface area contributed by atoms with E-state index in [0.29, 0.717) is 5.92 Å². The molecule has 4 heteroatoms. The molecule has 0 spiro atoms. The molecular weight excluding hydrogens is 306 g/mol. The van der Waals surface area contributed by atoms with E-state index in [4.69, 9.17) is 0 Å². The number of ketones is 1. The molecule has 0 amide bonds. The van der Waals surface area contributed by atoms with Gasteiger partial charge in [0, 0.05) is 16.1 Å². The first-order chi connectivity index (χ1) is 9.04. The van der Waals surface area contributed by atoms with E-state index < -0.39 is 0 Å². The Hall–Kier alpha value is -0.710. The second kappa shape index (κ2) is 6.16. The molecule has 1 N–H and O–H groups in total. The van der Waals surface area contributed by atoms with E-state index in [0.717, 1.165) is 23.0 Å². The van der Waals surface area contributed by atoms with Crippen molar-refractivity contribution in [3.8, 4) is 0 Å². The third kappa shape index (κ3) is 3.07. The van der Waals surface area contributed by atoms with Gasteiger partial charge in [-0.25, -0.2) is 0 Å². The first kappa shape index (κ1) is 14.7. The molecule has 19 heavy (non-hydrogen) atoms. The van der Waals surface area contributed by atoms with E-state index in [1.807, 2.05) is 31.2 Å². The normalized spacial score (nSPS) is 25.5. The van der Waals surface area contributed by atoms with Crippen molar-refractivity contribution in [2.24, 2.45) is 5.92 Å². The van der Waals surface area contributed by atoms with Gasteiger partial charge < -0.3 is 5.11 Å². The summed E-state index contributed by atoms with van der Waals surface area (Å²) in [5.41, 5.74) is 0.729. The van der Waals surface area contributed by atoms with Crippen molar-refractivity contribution in [3.05, 3.63) is 34.3 Å². The molecule has 1 heterocycles. The molecule has 2 rings (SSSR count). The fraction of sp³-hybridized carbons (Fsp3) is 0.533. The number of hydrogen-bond acceptors (Lipinski definition) is 3. The maximum absolute atomic E-state index is 12.5. The highest BCUT2D eigenvalue weighted by atomic mass is 79.9. The summed E-state index contributed by atoms with van der Waals surface area (Å²) in [6.45, 7) is 5.08. The van der Waals surface area contributed by atoms with Gasteiger partial charge in [-0.1, -0.05) is 35.0 Å². The van der Waals surface area contributed by atoms with Crippen molar-refractivity contribution < 1.29 is 9.90 Å². The summed E-state index contributed by atoms with van der Waals surface area (Å²) in [5.74, 6) is 0.574. The fourth-order valence-corrected chi connectivity index (χ4v) is 3.07. The van der Waals surface area contributed by atoms with Gasteiger partial charge in [0.15, 0.2) is 5.78 Å². The number of nitrogens with zero attached hydrogens (tertiary/aromatic N) is 1. The Morgan fingerprint density at radius 1 is 1.47 bits per heavy atom. The molecule has 1 aliphatic heterocycles. The number of carbonyl (C=O) groups excluding carboxylic acids is 1. The lowest BCUT2D eigenvalue weighted by Gasteiger charge is -2.30. The Kier molecular flexibility index (Phi) is 4.76. The summed E-state index contributed by atoms with van der Waals surface area (Å²) in [7, 11) is 0. The average molecular weight is 326 g/mol. The number of Topliss-reactive ketones (excluding diaryl/α,β-unsaturated/α-hetero) is 1. The molecule has 1 aromatic rings. The number of hydrogen-bond donors (Lipinski definition) is 1. The van der Waals surface area contributed by atoms with Crippen LogP contribution in [0.1, 0.15) is 30.6 Å². The topological polar surface area (TPSA) is 40.5 Å². The van der Waals surface area contributed by atoms with Crippen LogP contribution in [0.15, 0.2) is 28.7 Å². The quantitative estimate of drug-likeness (QED) is 0.865. The molecule has 3 atom stereocenters. The molecule has 104 valence electrons. The third-order valence-corrected chi connectivity index (χ3v) is 4.65. The van der Waals surface area contributed by atoms with Crippen molar-refractivity contribution in [3.63, 3.8) is 0 Å². The highest BCUT2D eigenvalue weighted by molar-refractivity contribution is 9.10. The molecule has 1 saturated heterocycles. The van der Waals surface area contributed by atoms with Crippen LogP contribution in [0.2, 0.25) is 0 Å². The van der Waals surface area contributed by atoms with Crippen molar-refractivity contribution in [2.75, 3.05) is 13.2 Å². The van der Waals surface area contributed by atoms with Crippen LogP contribution in [0.3, 0.4) is 0 Å². The molecule has 1 aromatic carbocycles. The number of rotatable bonds is 4. The SMILES string of the molecule is CC1CCN(C(C)C(=O)c2ccc(Br)cc2)C1CO. The highest BCUT2D eigenvalue weighted by Crippen LogP contribution is 2.27. The zero-order chi connectivity index (χ0) is 14.0. The van der Waals surface area contributed by atoms with Gasteiger partial charge in [-0.3, -0.25) is 9.69 Å². The summed E-state index contributed by atoms with van der Waals surface area (Å²) in [5, 5.41) is 9.49. The minimum atomic E-state index is -0.178. The lowest BCUT2D eigenvalue weighted by atomic mass is 10.0. The second-order valence-electron chi connectivity index (χ2n) is 5.30. The monoisotopic (exact) mass is 325 g/mol. The van der Waals surface area contributed by atoms with E-state index in [2.05, 4.69) is 27.8 Å². The number of aliphatic hydroxyl groups is 1. The van der Waals surface area contributed by atoms with Gasteiger partial charge in [0.25, 0.3) is 0 Å². The van der Waals surface area contributed by atoms with Crippen LogP contribution >= 0.6 is 15.9 Å². The van der Waals surface area contributed by atoms with E-state index in [1.54, 1.807) is 0 Å². The molecule has 0 bridgehead atoms. The van der Waals surface area contributed by atoms with Gasteiger partial charge in [-0.15, -0.1) is 0 Å². The second-order valence-corrected chi connectivity index (χ2v) is 6.22. The van der Waals surface area contributed by atoms with Crippen LogP contribution in [0.4, 0.5) is 0 Å². The maximum atomic E-state index is 12.5. The molecule has 1 fully saturated rings. The average Bonchev–Trinajstić information content (AvgIpc) is 2.79.